The molecule has 0 aliphatic carbocycles. The van der Waals surface area contributed by atoms with Crippen LogP contribution in [0.15, 0.2) is 30.3 Å². The lowest BCUT2D eigenvalue weighted by molar-refractivity contribution is -0.140. The molecule has 2 atom stereocenters. The summed E-state index contributed by atoms with van der Waals surface area (Å²) >= 11 is 0. The highest BCUT2D eigenvalue weighted by atomic mass is 16.2. The normalized spacial score (nSPS) is 24.9. The maximum atomic E-state index is 12.7. The standard InChI is InChI=1S/C20H31N3O/c1-20(2,21)19(24)23-14-17-10-11-18(23)15-22(13-17)12-6-9-16-7-4-3-5-8-16/h3-5,7-8,17-18H,6,9-15,21H2,1-2H3/t17-,18+/m0/s1. The van der Waals surface area contributed by atoms with E-state index < -0.39 is 5.54 Å². The first kappa shape index (κ1) is 17.4. The molecule has 3 heterocycles. The number of rotatable bonds is 5. The van der Waals surface area contributed by atoms with Crippen LogP contribution in [0.4, 0.5) is 0 Å². The van der Waals surface area contributed by atoms with Crippen LogP contribution in [0.2, 0.25) is 0 Å². The Morgan fingerprint density at radius 2 is 1.92 bits per heavy atom. The lowest BCUT2D eigenvalue weighted by atomic mass is 9.92. The first-order valence-corrected chi connectivity index (χ1v) is 9.29. The number of fused-ring (bicyclic) bond motifs is 4. The summed E-state index contributed by atoms with van der Waals surface area (Å²) in [5, 5.41) is 0. The fourth-order valence-electron chi connectivity index (χ4n) is 4.13. The highest BCUT2D eigenvalue weighted by Gasteiger charge is 2.40. The van der Waals surface area contributed by atoms with Crippen molar-refractivity contribution in [3.8, 4) is 0 Å². The topological polar surface area (TPSA) is 49.6 Å². The quantitative estimate of drug-likeness (QED) is 0.901. The van der Waals surface area contributed by atoms with Gasteiger partial charge in [-0.15, -0.1) is 0 Å². The van der Waals surface area contributed by atoms with Gasteiger partial charge in [-0.2, -0.15) is 0 Å². The smallest absolute Gasteiger partial charge is 0.242 e. The van der Waals surface area contributed by atoms with Gasteiger partial charge in [0.15, 0.2) is 0 Å². The third kappa shape index (κ3) is 4.17. The lowest BCUT2D eigenvalue weighted by Crippen LogP contribution is -2.57. The van der Waals surface area contributed by atoms with Crippen LogP contribution in [-0.2, 0) is 11.2 Å². The minimum Gasteiger partial charge on any atom is -0.337 e. The largest absolute Gasteiger partial charge is 0.337 e. The van der Waals surface area contributed by atoms with Crippen molar-refractivity contribution in [2.75, 3.05) is 26.2 Å². The summed E-state index contributed by atoms with van der Waals surface area (Å²) in [5.41, 5.74) is 6.72. The molecule has 3 fully saturated rings. The fraction of sp³-hybridized carbons (Fsp3) is 0.650. The third-order valence-corrected chi connectivity index (χ3v) is 5.38. The first-order chi connectivity index (χ1) is 11.4. The zero-order valence-corrected chi connectivity index (χ0v) is 15.1. The first-order valence-electron chi connectivity index (χ1n) is 9.29. The van der Waals surface area contributed by atoms with Gasteiger partial charge in [0.2, 0.25) is 5.91 Å². The van der Waals surface area contributed by atoms with Crippen LogP contribution in [0, 0.1) is 5.92 Å². The predicted octanol–water partition coefficient (Wildman–Crippen LogP) is 2.28. The molecular weight excluding hydrogens is 298 g/mol. The fourth-order valence-corrected chi connectivity index (χ4v) is 4.13. The molecule has 1 aromatic rings. The van der Waals surface area contributed by atoms with E-state index in [4.69, 9.17) is 5.73 Å². The maximum Gasteiger partial charge on any atom is 0.242 e. The Kier molecular flexibility index (Phi) is 5.26. The average Bonchev–Trinajstić information content (AvgIpc) is 2.85. The van der Waals surface area contributed by atoms with Crippen molar-refractivity contribution in [3.63, 3.8) is 0 Å². The van der Waals surface area contributed by atoms with Gasteiger partial charge in [0.1, 0.15) is 0 Å². The van der Waals surface area contributed by atoms with Crippen molar-refractivity contribution in [1.82, 2.24) is 9.80 Å². The molecule has 4 heteroatoms. The second-order valence-corrected chi connectivity index (χ2v) is 8.13. The Morgan fingerprint density at radius 3 is 2.62 bits per heavy atom. The Bertz CT molecular complexity index is 552. The van der Waals surface area contributed by atoms with E-state index in [0.29, 0.717) is 12.0 Å². The number of hydrogen-bond donors (Lipinski definition) is 1. The molecule has 1 amide bonds. The van der Waals surface area contributed by atoms with Gasteiger partial charge in [-0.3, -0.25) is 4.79 Å². The van der Waals surface area contributed by atoms with Crippen LogP contribution in [0.25, 0.3) is 0 Å². The summed E-state index contributed by atoms with van der Waals surface area (Å²) in [6.45, 7) is 7.79. The number of carbonyl (C=O) groups excluding carboxylic acids is 1. The Labute approximate surface area is 146 Å². The van der Waals surface area contributed by atoms with E-state index in [1.54, 1.807) is 0 Å². The number of benzene rings is 1. The van der Waals surface area contributed by atoms with Gasteiger partial charge in [-0.1, -0.05) is 30.3 Å². The monoisotopic (exact) mass is 329 g/mol. The van der Waals surface area contributed by atoms with Crippen LogP contribution in [0.1, 0.15) is 38.7 Å². The number of aryl methyl sites for hydroxylation is 1. The van der Waals surface area contributed by atoms with Gasteiger partial charge in [0, 0.05) is 25.7 Å². The van der Waals surface area contributed by atoms with Crippen molar-refractivity contribution in [1.29, 1.82) is 0 Å². The molecule has 2 bridgehead atoms. The van der Waals surface area contributed by atoms with Gasteiger partial charge in [0.25, 0.3) is 0 Å². The molecule has 132 valence electrons. The number of piperidine rings is 1. The molecule has 3 saturated heterocycles. The number of nitrogens with zero attached hydrogens (tertiary/aromatic N) is 2. The molecular formula is C20H31N3O. The van der Waals surface area contributed by atoms with Crippen molar-refractivity contribution in [2.45, 2.75) is 51.1 Å². The molecule has 1 aromatic carbocycles. The lowest BCUT2D eigenvalue weighted by Gasteiger charge is -2.39. The third-order valence-electron chi connectivity index (χ3n) is 5.38. The summed E-state index contributed by atoms with van der Waals surface area (Å²) in [6, 6.07) is 11.0. The van der Waals surface area contributed by atoms with Crippen LogP contribution in [0.3, 0.4) is 0 Å². The maximum absolute atomic E-state index is 12.7. The molecule has 3 aliphatic heterocycles. The number of carbonyl (C=O) groups is 1. The molecule has 0 spiro atoms. The summed E-state index contributed by atoms with van der Waals surface area (Å²) in [5.74, 6) is 0.718. The summed E-state index contributed by atoms with van der Waals surface area (Å²) in [7, 11) is 0. The van der Waals surface area contributed by atoms with Gasteiger partial charge in [-0.05, 0) is 57.6 Å². The molecule has 3 aliphatic rings. The van der Waals surface area contributed by atoms with Gasteiger partial charge in [0.05, 0.1) is 5.54 Å². The van der Waals surface area contributed by atoms with Crippen LogP contribution < -0.4 is 5.73 Å². The minimum atomic E-state index is -0.761. The SMILES string of the molecule is CC(C)(N)C(=O)N1C[C@H]2CC[C@@H]1CN(CCCc1ccccc1)C2. The highest BCUT2D eigenvalue weighted by molar-refractivity contribution is 5.85. The Morgan fingerprint density at radius 1 is 1.17 bits per heavy atom. The van der Waals surface area contributed by atoms with Crippen molar-refractivity contribution in [3.05, 3.63) is 35.9 Å². The van der Waals surface area contributed by atoms with Gasteiger partial charge < -0.3 is 15.5 Å². The highest BCUT2D eigenvalue weighted by Crippen LogP contribution is 2.29. The number of hydrogen-bond acceptors (Lipinski definition) is 3. The Balaban J connectivity index is 1.56. The second-order valence-electron chi connectivity index (χ2n) is 8.13. The summed E-state index contributed by atoms with van der Waals surface area (Å²) in [4.78, 5) is 17.3. The van der Waals surface area contributed by atoms with Gasteiger partial charge >= 0.3 is 0 Å². The van der Waals surface area contributed by atoms with Crippen LogP contribution >= 0.6 is 0 Å². The molecule has 0 aromatic heterocycles. The molecule has 0 unspecified atom stereocenters. The second kappa shape index (κ2) is 7.24. The number of amides is 1. The van der Waals surface area contributed by atoms with E-state index in [1.165, 1.54) is 18.4 Å². The Hall–Kier alpha value is -1.39. The van der Waals surface area contributed by atoms with E-state index in [-0.39, 0.29) is 5.91 Å². The molecule has 2 N–H and O–H groups in total. The van der Waals surface area contributed by atoms with E-state index in [9.17, 15) is 4.79 Å². The van der Waals surface area contributed by atoms with Crippen molar-refractivity contribution < 1.29 is 4.79 Å². The van der Waals surface area contributed by atoms with Crippen LogP contribution in [-0.4, -0.2) is 53.5 Å². The van der Waals surface area contributed by atoms with E-state index in [1.807, 2.05) is 13.8 Å². The molecule has 0 radical (unpaired) electrons. The zero-order valence-electron chi connectivity index (χ0n) is 15.1. The number of nitrogens with two attached hydrogens (primary N) is 1. The molecule has 0 saturated carbocycles. The minimum absolute atomic E-state index is 0.114. The van der Waals surface area contributed by atoms with Crippen LogP contribution in [0.5, 0.6) is 0 Å². The van der Waals surface area contributed by atoms with E-state index >= 15 is 0 Å². The summed E-state index contributed by atoms with van der Waals surface area (Å²) < 4.78 is 0. The molecule has 4 rings (SSSR count). The zero-order chi connectivity index (χ0) is 17.2. The summed E-state index contributed by atoms with van der Waals surface area (Å²) in [6.07, 6.45) is 4.68. The van der Waals surface area contributed by atoms with E-state index in [2.05, 4.69) is 40.1 Å². The van der Waals surface area contributed by atoms with E-state index in [0.717, 1.165) is 39.0 Å². The van der Waals surface area contributed by atoms with Gasteiger partial charge in [-0.25, -0.2) is 0 Å². The van der Waals surface area contributed by atoms with Crippen molar-refractivity contribution in [2.24, 2.45) is 11.7 Å². The molecule has 24 heavy (non-hydrogen) atoms. The van der Waals surface area contributed by atoms with Crippen molar-refractivity contribution >= 4 is 5.91 Å². The molecule has 4 nitrogen and oxygen atoms in total. The predicted molar refractivity (Wildman–Crippen MR) is 97.7 cm³/mol. The average molecular weight is 329 g/mol.